The first-order chi connectivity index (χ1) is 13.9. The van der Waals surface area contributed by atoms with E-state index in [-0.39, 0.29) is 17.9 Å². The third-order valence-corrected chi connectivity index (χ3v) is 4.77. The molecule has 0 spiro atoms. The largest absolute Gasteiger partial charge is 0.349 e. The second kappa shape index (κ2) is 11.3. The molecule has 1 fully saturated rings. The summed E-state index contributed by atoms with van der Waals surface area (Å²) in [6, 6.07) is 15.2. The number of benzene rings is 2. The van der Waals surface area contributed by atoms with Crippen molar-refractivity contribution in [2.24, 2.45) is 4.99 Å². The van der Waals surface area contributed by atoms with E-state index >= 15 is 0 Å². The predicted octanol–water partition coefficient (Wildman–Crippen LogP) is 5.67. The molecular formula is C25H32N2O2. The highest BCUT2D eigenvalue weighted by molar-refractivity contribution is 6.04. The Morgan fingerprint density at radius 2 is 1.31 bits per heavy atom. The van der Waals surface area contributed by atoms with E-state index in [1.54, 1.807) is 0 Å². The van der Waals surface area contributed by atoms with Crippen LogP contribution in [-0.2, 0) is 0 Å². The number of carbonyl (C=O) groups excluding carboxylic acids is 2. The molecule has 3 rings (SSSR count). The first-order valence-corrected chi connectivity index (χ1v) is 10.5. The molecule has 29 heavy (non-hydrogen) atoms. The van der Waals surface area contributed by atoms with Crippen LogP contribution in [0.4, 0.5) is 0 Å². The maximum absolute atomic E-state index is 12.3. The van der Waals surface area contributed by atoms with Gasteiger partial charge in [0.15, 0.2) is 0 Å². The van der Waals surface area contributed by atoms with Crippen molar-refractivity contribution in [1.82, 2.24) is 5.32 Å². The van der Waals surface area contributed by atoms with Crippen LogP contribution in [0.2, 0.25) is 0 Å². The highest BCUT2D eigenvalue weighted by atomic mass is 16.2. The van der Waals surface area contributed by atoms with Gasteiger partial charge in [0.1, 0.15) is 0 Å². The van der Waals surface area contributed by atoms with E-state index in [1.807, 2.05) is 62.4 Å². The number of rotatable bonds is 3. The minimum Gasteiger partial charge on any atom is -0.349 e. The molecule has 4 heteroatoms. The normalized spacial score (nSPS) is 15.7. The summed E-state index contributed by atoms with van der Waals surface area (Å²) in [4.78, 5) is 28.8. The second-order valence-electron chi connectivity index (χ2n) is 7.67. The molecule has 154 valence electrons. The lowest BCUT2D eigenvalue weighted by Crippen LogP contribution is -2.37. The van der Waals surface area contributed by atoms with E-state index in [0.29, 0.717) is 11.1 Å². The summed E-state index contributed by atoms with van der Waals surface area (Å²) in [5.41, 5.74) is 4.50. The Bertz CT molecular complexity index is 826. The van der Waals surface area contributed by atoms with Crippen LogP contribution < -0.4 is 5.32 Å². The Balaban J connectivity index is 0.000000941. The van der Waals surface area contributed by atoms with Gasteiger partial charge in [0.25, 0.3) is 11.8 Å². The molecule has 1 N–H and O–H groups in total. The fraction of sp³-hybridized carbons (Fsp3) is 0.400. The van der Waals surface area contributed by atoms with Gasteiger partial charge < -0.3 is 5.32 Å². The Labute approximate surface area is 174 Å². The van der Waals surface area contributed by atoms with E-state index in [1.165, 1.54) is 6.42 Å². The van der Waals surface area contributed by atoms with Crippen LogP contribution in [0.1, 0.15) is 77.8 Å². The van der Waals surface area contributed by atoms with Gasteiger partial charge in [-0.2, -0.15) is 0 Å². The zero-order valence-corrected chi connectivity index (χ0v) is 18.0. The molecule has 2 aromatic carbocycles. The Kier molecular flexibility index (Phi) is 8.78. The van der Waals surface area contributed by atoms with Crippen molar-refractivity contribution in [2.75, 3.05) is 0 Å². The summed E-state index contributed by atoms with van der Waals surface area (Å²) in [6.45, 7) is 8.24. The average Bonchev–Trinajstić information content (AvgIpc) is 2.71. The molecule has 0 aliphatic heterocycles. The fourth-order valence-corrected chi connectivity index (χ4v) is 3.09. The number of aryl methyl sites for hydroxylation is 2. The summed E-state index contributed by atoms with van der Waals surface area (Å²) in [7, 11) is 0. The van der Waals surface area contributed by atoms with Crippen molar-refractivity contribution in [3.05, 3.63) is 70.8 Å². The monoisotopic (exact) mass is 392 g/mol. The van der Waals surface area contributed by atoms with E-state index in [9.17, 15) is 9.59 Å². The number of nitrogens with zero attached hydrogens (tertiary/aromatic N) is 1. The number of carbonyl (C=O) groups is 2. The molecule has 2 amide bonds. The van der Waals surface area contributed by atoms with Gasteiger partial charge in [0.05, 0.1) is 0 Å². The van der Waals surface area contributed by atoms with Gasteiger partial charge in [-0.15, -0.1) is 0 Å². The molecule has 0 heterocycles. The van der Waals surface area contributed by atoms with Gasteiger partial charge in [-0.05, 0) is 63.8 Å². The molecule has 0 saturated heterocycles. The Morgan fingerprint density at radius 3 is 1.79 bits per heavy atom. The van der Waals surface area contributed by atoms with E-state index < -0.39 is 0 Å². The van der Waals surface area contributed by atoms with Gasteiger partial charge in [0, 0.05) is 22.9 Å². The third-order valence-electron chi connectivity index (χ3n) is 4.77. The Hall–Kier alpha value is -2.75. The minimum absolute atomic E-state index is 0.0360. The molecule has 0 atom stereocenters. The summed E-state index contributed by atoms with van der Waals surface area (Å²) in [5.74, 6) is -0.215. The van der Waals surface area contributed by atoms with Crippen molar-refractivity contribution in [1.29, 1.82) is 0 Å². The molecule has 0 radical (unpaired) electrons. The van der Waals surface area contributed by atoms with Crippen molar-refractivity contribution < 1.29 is 9.59 Å². The second-order valence-corrected chi connectivity index (χ2v) is 7.67. The van der Waals surface area contributed by atoms with Gasteiger partial charge in [-0.25, -0.2) is 4.99 Å². The third kappa shape index (κ3) is 7.30. The molecule has 2 aromatic rings. The number of aliphatic imine (C=N–C) groups is 1. The van der Waals surface area contributed by atoms with E-state index in [2.05, 4.69) is 24.2 Å². The van der Waals surface area contributed by atoms with Crippen LogP contribution in [0.3, 0.4) is 0 Å². The van der Waals surface area contributed by atoms with Crippen molar-refractivity contribution in [3.63, 3.8) is 0 Å². The molecule has 0 bridgehead atoms. The van der Waals surface area contributed by atoms with E-state index in [4.69, 9.17) is 0 Å². The van der Waals surface area contributed by atoms with Crippen molar-refractivity contribution in [2.45, 2.75) is 65.8 Å². The standard InChI is InChI=1S/C22H24N2O2.C3H8/c1-15-3-7-17(8-4-15)21(25)23-19-11-13-20(14-12-19)24-22(26)18-9-5-16(2)6-10-18;1-3-2/h3-10,19H,11-14H2,1-2H3,(H,23,25);3H2,1-2H3. The maximum Gasteiger partial charge on any atom is 0.276 e. The molecule has 1 saturated carbocycles. The predicted molar refractivity (Wildman–Crippen MR) is 120 cm³/mol. The van der Waals surface area contributed by atoms with Crippen molar-refractivity contribution >= 4 is 17.5 Å². The van der Waals surface area contributed by atoms with Gasteiger partial charge in [-0.3, -0.25) is 9.59 Å². The first-order valence-electron chi connectivity index (χ1n) is 10.5. The zero-order valence-electron chi connectivity index (χ0n) is 18.0. The first kappa shape index (κ1) is 22.5. The molecule has 1 aliphatic rings. The number of hydrogen-bond acceptors (Lipinski definition) is 2. The van der Waals surface area contributed by atoms with E-state index in [0.717, 1.165) is 42.5 Å². The molecule has 0 unspecified atom stereocenters. The zero-order chi connectivity index (χ0) is 21.2. The quantitative estimate of drug-likeness (QED) is 0.731. The van der Waals surface area contributed by atoms with Gasteiger partial charge in [-0.1, -0.05) is 55.7 Å². The van der Waals surface area contributed by atoms with Crippen molar-refractivity contribution in [3.8, 4) is 0 Å². The summed E-state index contributed by atoms with van der Waals surface area (Å²) in [6.07, 6.45) is 4.38. The lowest BCUT2D eigenvalue weighted by atomic mass is 9.93. The molecule has 4 nitrogen and oxygen atoms in total. The van der Waals surface area contributed by atoms with Crippen LogP contribution >= 0.6 is 0 Å². The van der Waals surface area contributed by atoms with Gasteiger partial charge >= 0.3 is 0 Å². The van der Waals surface area contributed by atoms with Crippen LogP contribution in [0.5, 0.6) is 0 Å². The highest BCUT2D eigenvalue weighted by Crippen LogP contribution is 2.18. The van der Waals surface area contributed by atoms with Gasteiger partial charge in [0.2, 0.25) is 0 Å². The van der Waals surface area contributed by atoms with Crippen LogP contribution in [0, 0.1) is 13.8 Å². The highest BCUT2D eigenvalue weighted by Gasteiger charge is 2.20. The smallest absolute Gasteiger partial charge is 0.276 e. The van der Waals surface area contributed by atoms with Crippen LogP contribution in [-0.4, -0.2) is 23.6 Å². The minimum atomic E-state index is -0.179. The number of hydrogen-bond donors (Lipinski definition) is 1. The fourth-order valence-electron chi connectivity index (χ4n) is 3.09. The molecule has 1 aliphatic carbocycles. The average molecular weight is 393 g/mol. The number of amides is 2. The van der Waals surface area contributed by atoms with Crippen LogP contribution in [0.25, 0.3) is 0 Å². The topological polar surface area (TPSA) is 58.5 Å². The SMILES string of the molecule is CCC.Cc1ccc(C(=O)N=C2CCC(NC(=O)c3ccc(C)cc3)CC2)cc1. The Morgan fingerprint density at radius 1 is 0.862 bits per heavy atom. The molecule has 0 aromatic heterocycles. The maximum atomic E-state index is 12.3. The van der Waals surface area contributed by atoms with Crippen LogP contribution in [0.15, 0.2) is 53.5 Å². The molecular weight excluding hydrogens is 360 g/mol. The lowest BCUT2D eigenvalue weighted by Gasteiger charge is -2.24. The summed E-state index contributed by atoms with van der Waals surface area (Å²) < 4.78 is 0. The summed E-state index contributed by atoms with van der Waals surface area (Å²) in [5, 5.41) is 3.09. The number of nitrogens with one attached hydrogen (secondary N) is 1. The summed E-state index contributed by atoms with van der Waals surface area (Å²) >= 11 is 0. The lowest BCUT2D eigenvalue weighted by molar-refractivity contribution is 0.0930.